The number of carbonyl (C=O) groups excluding carboxylic acids is 1. The van der Waals surface area contributed by atoms with E-state index < -0.39 is 0 Å². The summed E-state index contributed by atoms with van der Waals surface area (Å²) in [5.74, 6) is 0.595. The van der Waals surface area contributed by atoms with Gasteiger partial charge in [-0.25, -0.2) is 0 Å². The summed E-state index contributed by atoms with van der Waals surface area (Å²) >= 11 is 0. The van der Waals surface area contributed by atoms with Crippen molar-refractivity contribution in [3.8, 4) is 5.75 Å². The zero-order valence-corrected chi connectivity index (χ0v) is 11.2. The number of para-hydroxylation sites is 1. The van der Waals surface area contributed by atoms with Gasteiger partial charge in [-0.1, -0.05) is 12.1 Å². The van der Waals surface area contributed by atoms with Crippen LogP contribution in [0, 0.1) is 0 Å². The molecule has 2 N–H and O–H groups in total. The molecule has 1 heterocycles. The number of nitrogens with two attached hydrogens (primary N) is 1. The van der Waals surface area contributed by atoms with E-state index in [0.717, 1.165) is 6.42 Å². The van der Waals surface area contributed by atoms with E-state index in [0.29, 0.717) is 37.6 Å². The zero-order valence-electron chi connectivity index (χ0n) is 11.2. The number of nitrogens with zero attached hydrogens (tertiary/aromatic N) is 1. The van der Waals surface area contributed by atoms with Crippen molar-refractivity contribution < 1.29 is 14.3 Å². The topological polar surface area (TPSA) is 64.8 Å². The third-order valence-electron chi connectivity index (χ3n) is 3.25. The number of methoxy groups -OCH3 is 1. The average Bonchev–Trinajstić information content (AvgIpc) is 2.47. The highest BCUT2D eigenvalue weighted by atomic mass is 16.5. The third-order valence-corrected chi connectivity index (χ3v) is 3.25. The minimum Gasteiger partial charge on any atom is -0.496 e. The van der Waals surface area contributed by atoms with Crippen LogP contribution in [0.5, 0.6) is 5.75 Å². The summed E-state index contributed by atoms with van der Waals surface area (Å²) in [6.45, 7) is 2.33. The van der Waals surface area contributed by atoms with E-state index in [1.54, 1.807) is 19.2 Å². The van der Waals surface area contributed by atoms with E-state index in [2.05, 4.69) is 0 Å². The summed E-state index contributed by atoms with van der Waals surface area (Å²) < 4.78 is 10.8. The first-order valence-electron chi connectivity index (χ1n) is 6.50. The van der Waals surface area contributed by atoms with Crippen LogP contribution in [-0.2, 0) is 4.74 Å². The molecule has 1 aliphatic heterocycles. The van der Waals surface area contributed by atoms with Gasteiger partial charge in [0, 0.05) is 13.1 Å². The molecule has 0 bridgehead atoms. The van der Waals surface area contributed by atoms with E-state index in [9.17, 15) is 4.79 Å². The van der Waals surface area contributed by atoms with Crippen molar-refractivity contribution >= 4 is 5.91 Å². The molecule has 0 spiro atoms. The number of rotatable bonds is 4. The monoisotopic (exact) mass is 264 g/mol. The molecule has 1 aliphatic rings. The Labute approximate surface area is 113 Å². The Bertz CT molecular complexity index is 434. The van der Waals surface area contributed by atoms with Crippen molar-refractivity contribution in [2.24, 2.45) is 5.73 Å². The highest BCUT2D eigenvalue weighted by Crippen LogP contribution is 2.20. The molecule has 0 aliphatic carbocycles. The maximum absolute atomic E-state index is 12.5. The first-order chi connectivity index (χ1) is 9.26. The number of morpholine rings is 1. The van der Waals surface area contributed by atoms with Gasteiger partial charge in [0.25, 0.3) is 5.91 Å². The van der Waals surface area contributed by atoms with E-state index in [4.69, 9.17) is 15.2 Å². The fourth-order valence-electron chi connectivity index (χ4n) is 2.26. The van der Waals surface area contributed by atoms with Crippen LogP contribution in [0.3, 0.4) is 0 Å². The van der Waals surface area contributed by atoms with Crippen molar-refractivity contribution in [2.75, 3.05) is 33.4 Å². The Kier molecular flexibility index (Phi) is 4.76. The second kappa shape index (κ2) is 6.54. The molecular formula is C14H20N2O3. The second-order valence-electron chi connectivity index (χ2n) is 4.52. The molecule has 1 fully saturated rings. The van der Waals surface area contributed by atoms with Crippen LogP contribution < -0.4 is 10.5 Å². The molecule has 104 valence electrons. The Morgan fingerprint density at radius 3 is 3.05 bits per heavy atom. The van der Waals surface area contributed by atoms with Gasteiger partial charge in [-0.3, -0.25) is 4.79 Å². The summed E-state index contributed by atoms with van der Waals surface area (Å²) in [5.41, 5.74) is 6.13. The van der Waals surface area contributed by atoms with Crippen molar-refractivity contribution in [3.05, 3.63) is 29.8 Å². The number of amides is 1. The van der Waals surface area contributed by atoms with Crippen LogP contribution in [0.15, 0.2) is 24.3 Å². The van der Waals surface area contributed by atoms with Gasteiger partial charge in [0.15, 0.2) is 0 Å². The quantitative estimate of drug-likeness (QED) is 0.877. The van der Waals surface area contributed by atoms with Crippen LogP contribution in [0.4, 0.5) is 0 Å². The average molecular weight is 264 g/mol. The molecule has 5 nitrogen and oxygen atoms in total. The van der Waals surface area contributed by atoms with Crippen molar-refractivity contribution in [3.63, 3.8) is 0 Å². The molecule has 1 amide bonds. The lowest BCUT2D eigenvalue weighted by atomic mass is 10.1. The highest BCUT2D eigenvalue weighted by Gasteiger charge is 2.26. The van der Waals surface area contributed by atoms with Gasteiger partial charge in [0.1, 0.15) is 5.75 Å². The highest BCUT2D eigenvalue weighted by molar-refractivity contribution is 5.97. The number of ether oxygens (including phenoxy) is 2. The lowest BCUT2D eigenvalue weighted by molar-refractivity contribution is -0.0237. The Morgan fingerprint density at radius 2 is 2.32 bits per heavy atom. The van der Waals surface area contributed by atoms with Crippen molar-refractivity contribution in [1.82, 2.24) is 4.90 Å². The minimum absolute atomic E-state index is 0.0113. The van der Waals surface area contributed by atoms with Crippen LogP contribution >= 0.6 is 0 Å². The van der Waals surface area contributed by atoms with Gasteiger partial charge >= 0.3 is 0 Å². The molecule has 0 saturated carbocycles. The number of hydrogen-bond acceptors (Lipinski definition) is 4. The Morgan fingerprint density at radius 1 is 1.53 bits per heavy atom. The first-order valence-corrected chi connectivity index (χ1v) is 6.50. The smallest absolute Gasteiger partial charge is 0.257 e. The number of carbonyl (C=O) groups is 1. The predicted molar refractivity (Wildman–Crippen MR) is 72.3 cm³/mol. The first kappa shape index (κ1) is 13.8. The number of benzene rings is 1. The van der Waals surface area contributed by atoms with E-state index in [1.807, 2.05) is 17.0 Å². The third kappa shape index (κ3) is 3.24. The molecule has 0 aromatic heterocycles. The van der Waals surface area contributed by atoms with Gasteiger partial charge in [-0.2, -0.15) is 0 Å². The Balaban J connectivity index is 2.10. The molecular weight excluding hydrogens is 244 g/mol. The SMILES string of the molecule is COc1ccccc1C(=O)N1CCOC(CCN)C1. The second-order valence-corrected chi connectivity index (χ2v) is 4.52. The molecule has 19 heavy (non-hydrogen) atoms. The standard InChI is InChI=1S/C14H20N2O3/c1-18-13-5-3-2-4-12(13)14(17)16-8-9-19-11(10-16)6-7-15/h2-5,11H,6-10,15H2,1H3. The van der Waals surface area contributed by atoms with Crippen LogP contribution in [0.1, 0.15) is 16.8 Å². The summed E-state index contributed by atoms with van der Waals surface area (Å²) in [6, 6.07) is 7.28. The van der Waals surface area contributed by atoms with Crippen LogP contribution in [0.25, 0.3) is 0 Å². The normalized spacial score (nSPS) is 19.3. The maximum atomic E-state index is 12.5. The molecule has 2 rings (SSSR count). The predicted octanol–water partition coefficient (Wildman–Crippen LogP) is 0.885. The van der Waals surface area contributed by atoms with Gasteiger partial charge in [0.05, 0.1) is 25.4 Å². The molecule has 1 unspecified atom stereocenters. The molecule has 1 atom stereocenters. The zero-order chi connectivity index (χ0) is 13.7. The maximum Gasteiger partial charge on any atom is 0.257 e. The fraction of sp³-hybridized carbons (Fsp3) is 0.500. The van der Waals surface area contributed by atoms with Crippen LogP contribution in [-0.4, -0.2) is 50.3 Å². The molecule has 1 aromatic carbocycles. The number of hydrogen-bond donors (Lipinski definition) is 1. The fourth-order valence-corrected chi connectivity index (χ4v) is 2.26. The van der Waals surface area contributed by atoms with Crippen molar-refractivity contribution in [1.29, 1.82) is 0 Å². The van der Waals surface area contributed by atoms with E-state index >= 15 is 0 Å². The Hall–Kier alpha value is -1.59. The lowest BCUT2D eigenvalue weighted by Gasteiger charge is -2.33. The molecule has 5 heteroatoms. The van der Waals surface area contributed by atoms with Gasteiger partial charge in [0.2, 0.25) is 0 Å². The van der Waals surface area contributed by atoms with Crippen LogP contribution in [0.2, 0.25) is 0 Å². The molecule has 0 radical (unpaired) electrons. The van der Waals surface area contributed by atoms with Gasteiger partial charge < -0.3 is 20.1 Å². The summed E-state index contributed by atoms with van der Waals surface area (Å²) in [5, 5.41) is 0. The van der Waals surface area contributed by atoms with E-state index in [1.165, 1.54) is 0 Å². The minimum atomic E-state index is -0.0113. The lowest BCUT2D eigenvalue weighted by Crippen LogP contribution is -2.46. The van der Waals surface area contributed by atoms with E-state index in [-0.39, 0.29) is 12.0 Å². The molecule has 1 saturated heterocycles. The summed E-state index contributed by atoms with van der Waals surface area (Å²) in [7, 11) is 1.57. The summed E-state index contributed by atoms with van der Waals surface area (Å²) in [4.78, 5) is 14.3. The molecule has 1 aromatic rings. The van der Waals surface area contributed by atoms with Gasteiger partial charge in [-0.05, 0) is 25.1 Å². The van der Waals surface area contributed by atoms with Gasteiger partial charge in [-0.15, -0.1) is 0 Å². The summed E-state index contributed by atoms with van der Waals surface area (Å²) in [6.07, 6.45) is 0.813. The largest absolute Gasteiger partial charge is 0.496 e. The van der Waals surface area contributed by atoms with Crippen molar-refractivity contribution in [2.45, 2.75) is 12.5 Å².